The predicted molar refractivity (Wildman–Crippen MR) is 55.4 cm³/mol. The van der Waals surface area contributed by atoms with Crippen LogP contribution in [0.1, 0.15) is 46.0 Å². The summed E-state index contributed by atoms with van der Waals surface area (Å²) in [5.74, 6) is 6.66. The van der Waals surface area contributed by atoms with Gasteiger partial charge >= 0.3 is 0 Å². The van der Waals surface area contributed by atoms with Crippen molar-refractivity contribution in [2.45, 2.75) is 46.0 Å². The molecule has 6 unspecified atom stereocenters. The fraction of sp³-hybridized carbons (Fsp3) is 1.00. The molecule has 3 rings (SSSR count). The Morgan fingerprint density at radius 1 is 0.769 bits per heavy atom. The molecule has 13 heavy (non-hydrogen) atoms. The van der Waals surface area contributed by atoms with E-state index in [0.29, 0.717) is 0 Å². The summed E-state index contributed by atoms with van der Waals surface area (Å²) in [4.78, 5) is 0. The maximum Gasteiger partial charge on any atom is -0.0352 e. The van der Waals surface area contributed by atoms with Gasteiger partial charge in [-0.05, 0) is 48.3 Å². The monoisotopic (exact) mass is 178 g/mol. The summed E-state index contributed by atoms with van der Waals surface area (Å²) in [6.45, 7) is 4.97. The van der Waals surface area contributed by atoms with Crippen LogP contribution < -0.4 is 0 Å². The van der Waals surface area contributed by atoms with Crippen molar-refractivity contribution in [3.63, 3.8) is 0 Å². The lowest BCUT2D eigenvalue weighted by Gasteiger charge is -2.55. The van der Waals surface area contributed by atoms with Gasteiger partial charge < -0.3 is 0 Å². The highest BCUT2D eigenvalue weighted by Gasteiger charge is 2.51. The lowest BCUT2D eigenvalue weighted by atomic mass is 9.50. The van der Waals surface area contributed by atoms with E-state index >= 15 is 0 Å². The minimum Gasteiger partial charge on any atom is -0.0620 e. The summed E-state index contributed by atoms with van der Waals surface area (Å²) in [7, 11) is 0. The van der Waals surface area contributed by atoms with Gasteiger partial charge in [0.1, 0.15) is 0 Å². The first-order chi connectivity index (χ1) is 6.27. The van der Waals surface area contributed by atoms with Crippen LogP contribution >= 0.6 is 0 Å². The lowest BCUT2D eigenvalue weighted by Crippen LogP contribution is -2.48. The Hall–Kier alpha value is 0. The molecule has 0 bridgehead atoms. The van der Waals surface area contributed by atoms with Crippen molar-refractivity contribution >= 4 is 0 Å². The molecule has 3 aliphatic carbocycles. The molecule has 3 saturated carbocycles. The van der Waals surface area contributed by atoms with Gasteiger partial charge in [-0.15, -0.1) is 0 Å². The molecular formula is C13H22. The number of hydrogen-bond donors (Lipinski definition) is 0. The van der Waals surface area contributed by atoms with E-state index in [2.05, 4.69) is 13.8 Å². The zero-order chi connectivity index (χ0) is 9.00. The van der Waals surface area contributed by atoms with Gasteiger partial charge in [0.05, 0.1) is 0 Å². The van der Waals surface area contributed by atoms with Crippen LogP contribution in [0.15, 0.2) is 0 Å². The second-order valence-electron chi connectivity index (χ2n) is 5.97. The normalized spacial score (nSPS) is 59.5. The first-order valence-corrected chi connectivity index (χ1v) is 6.27. The van der Waals surface area contributed by atoms with Gasteiger partial charge in [0.15, 0.2) is 0 Å². The first-order valence-electron chi connectivity index (χ1n) is 6.27. The molecule has 74 valence electrons. The van der Waals surface area contributed by atoms with Gasteiger partial charge in [-0.3, -0.25) is 0 Å². The molecule has 0 radical (unpaired) electrons. The van der Waals surface area contributed by atoms with Gasteiger partial charge in [-0.1, -0.05) is 33.1 Å². The summed E-state index contributed by atoms with van der Waals surface area (Å²) in [6.07, 6.45) is 7.86. The van der Waals surface area contributed by atoms with Crippen LogP contribution in [0.4, 0.5) is 0 Å². The quantitative estimate of drug-likeness (QED) is 0.530. The van der Waals surface area contributed by atoms with E-state index in [1.54, 1.807) is 25.7 Å². The van der Waals surface area contributed by atoms with Crippen LogP contribution in [0.3, 0.4) is 0 Å². The van der Waals surface area contributed by atoms with Gasteiger partial charge in [-0.2, -0.15) is 0 Å². The fourth-order valence-electron chi connectivity index (χ4n) is 4.63. The minimum absolute atomic E-state index is 1.05. The van der Waals surface area contributed by atoms with Crippen molar-refractivity contribution < 1.29 is 0 Å². The molecule has 3 fully saturated rings. The summed E-state index contributed by atoms with van der Waals surface area (Å²) >= 11 is 0. The zero-order valence-corrected chi connectivity index (χ0v) is 9.00. The molecule has 0 spiro atoms. The highest BCUT2D eigenvalue weighted by Crippen LogP contribution is 2.59. The maximum atomic E-state index is 2.49. The number of hydrogen-bond acceptors (Lipinski definition) is 0. The molecule has 6 atom stereocenters. The second-order valence-corrected chi connectivity index (χ2v) is 5.97. The van der Waals surface area contributed by atoms with Gasteiger partial charge in [-0.25, -0.2) is 0 Å². The van der Waals surface area contributed by atoms with E-state index in [4.69, 9.17) is 0 Å². The highest BCUT2D eigenvalue weighted by atomic mass is 14.6. The number of fused-ring (bicyclic) bond motifs is 2. The third kappa shape index (κ3) is 1.04. The summed E-state index contributed by atoms with van der Waals surface area (Å²) in [5, 5.41) is 0. The molecule has 0 heteroatoms. The largest absolute Gasteiger partial charge is 0.0620 e. The van der Waals surface area contributed by atoms with Crippen LogP contribution in [0.2, 0.25) is 0 Å². The summed E-state index contributed by atoms with van der Waals surface area (Å²) in [5.41, 5.74) is 0. The molecule has 0 saturated heterocycles. The predicted octanol–water partition coefficient (Wildman–Crippen LogP) is 3.71. The Bertz CT molecular complexity index is 186. The van der Waals surface area contributed by atoms with E-state index in [1.807, 2.05) is 0 Å². The third-order valence-corrected chi connectivity index (χ3v) is 5.70. The second kappa shape index (κ2) is 2.74. The Morgan fingerprint density at radius 3 is 1.69 bits per heavy atom. The van der Waals surface area contributed by atoms with Crippen molar-refractivity contribution in [3.05, 3.63) is 0 Å². The van der Waals surface area contributed by atoms with Crippen molar-refractivity contribution in [1.82, 2.24) is 0 Å². The average Bonchev–Trinajstić information content (AvgIpc) is 2.61. The van der Waals surface area contributed by atoms with E-state index < -0.39 is 0 Å². The first kappa shape index (κ1) is 8.32. The van der Waals surface area contributed by atoms with Crippen LogP contribution in [0, 0.1) is 35.5 Å². The van der Waals surface area contributed by atoms with Gasteiger partial charge in [0, 0.05) is 0 Å². The van der Waals surface area contributed by atoms with Gasteiger partial charge in [0.2, 0.25) is 0 Å². The zero-order valence-electron chi connectivity index (χ0n) is 9.00. The van der Waals surface area contributed by atoms with Gasteiger partial charge in [0.25, 0.3) is 0 Å². The standard InChI is InChI=1S/C13H22/c1-8-9(2)13-7-11-5-3-4-10(11)6-12(8)13/h8-13H,3-7H2,1-2H3. The van der Waals surface area contributed by atoms with Crippen molar-refractivity contribution in [3.8, 4) is 0 Å². The minimum atomic E-state index is 1.05. The summed E-state index contributed by atoms with van der Waals surface area (Å²) < 4.78 is 0. The maximum absolute atomic E-state index is 2.49. The van der Waals surface area contributed by atoms with E-state index in [0.717, 1.165) is 35.5 Å². The van der Waals surface area contributed by atoms with Crippen LogP contribution in [0.25, 0.3) is 0 Å². The third-order valence-electron chi connectivity index (χ3n) is 5.70. The Morgan fingerprint density at radius 2 is 1.23 bits per heavy atom. The smallest absolute Gasteiger partial charge is 0.0352 e. The molecule has 0 aromatic carbocycles. The Kier molecular flexibility index (Phi) is 1.76. The molecule has 3 aliphatic rings. The average molecular weight is 178 g/mol. The molecule has 0 N–H and O–H groups in total. The molecule has 0 nitrogen and oxygen atoms in total. The van der Waals surface area contributed by atoms with E-state index in [9.17, 15) is 0 Å². The van der Waals surface area contributed by atoms with E-state index in [1.165, 1.54) is 6.42 Å². The Balaban J connectivity index is 1.74. The molecule has 0 aliphatic heterocycles. The SMILES string of the molecule is CC1C(C)C2CC3CCCC3CC12. The molecule has 0 aromatic rings. The van der Waals surface area contributed by atoms with Crippen LogP contribution in [-0.2, 0) is 0 Å². The van der Waals surface area contributed by atoms with Crippen LogP contribution in [0.5, 0.6) is 0 Å². The number of rotatable bonds is 0. The lowest BCUT2D eigenvalue weighted by molar-refractivity contribution is -0.0651. The molecular weight excluding hydrogens is 156 g/mol. The van der Waals surface area contributed by atoms with Crippen molar-refractivity contribution in [2.24, 2.45) is 35.5 Å². The Labute approximate surface area is 82.1 Å². The van der Waals surface area contributed by atoms with E-state index in [-0.39, 0.29) is 0 Å². The topological polar surface area (TPSA) is 0 Å². The van der Waals surface area contributed by atoms with Crippen molar-refractivity contribution in [1.29, 1.82) is 0 Å². The van der Waals surface area contributed by atoms with Crippen LogP contribution in [-0.4, -0.2) is 0 Å². The molecule has 0 heterocycles. The molecule has 0 aromatic heterocycles. The van der Waals surface area contributed by atoms with Crippen molar-refractivity contribution in [2.75, 3.05) is 0 Å². The highest BCUT2D eigenvalue weighted by molar-refractivity contribution is 5.00. The molecule has 0 amide bonds. The fourth-order valence-corrected chi connectivity index (χ4v) is 4.63. The summed E-state index contributed by atoms with van der Waals surface area (Å²) in [6, 6.07) is 0.